The lowest BCUT2D eigenvalue weighted by molar-refractivity contribution is -0.266. The standard InChI is InChI=1S/C12H14F3NO3/c1-3-16-9-6-4-8(5-7-9)11(18,10(17)19-2)12(13,14)15/h4-7,16,18H,3H2,1-2H3/t11-/m0/s1. The van der Waals surface area contributed by atoms with Crippen LogP contribution in [0.2, 0.25) is 0 Å². The van der Waals surface area contributed by atoms with Crippen LogP contribution in [0.25, 0.3) is 0 Å². The molecule has 0 aliphatic carbocycles. The molecule has 7 heteroatoms. The van der Waals surface area contributed by atoms with Crippen LogP contribution in [-0.2, 0) is 15.1 Å². The summed E-state index contributed by atoms with van der Waals surface area (Å²) in [6.07, 6.45) is -5.17. The average Bonchev–Trinajstić information content (AvgIpc) is 2.36. The van der Waals surface area contributed by atoms with Gasteiger partial charge in [0.25, 0.3) is 5.60 Å². The minimum absolute atomic E-state index is 0.584. The van der Waals surface area contributed by atoms with Gasteiger partial charge in [-0.1, -0.05) is 12.1 Å². The minimum Gasteiger partial charge on any atom is -0.466 e. The number of halogens is 3. The molecule has 0 unspecified atom stereocenters. The van der Waals surface area contributed by atoms with Gasteiger partial charge in [-0.15, -0.1) is 0 Å². The maximum atomic E-state index is 12.9. The lowest BCUT2D eigenvalue weighted by Crippen LogP contribution is -2.49. The number of alkyl halides is 3. The number of ether oxygens (including phenoxy) is 1. The third-order valence-electron chi connectivity index (χ3n) is 2.57. The summed E-state index contributed by atoms with van der Waals surface area (Å²) in [4.78, 5) is 11.3. The quantitative estimate of drug-likeness (QED) is 0.827. The largest absolute Gasteiger partial charge is 0.466 e. The molecule has 0 aliphatic heterocycles. The van der Waals surface area contributed by atoms with Gasteiger partial charge in [0, 0.05) is 17.8 Å². The number of anilines is 1. The van der Waals surface area contributed by atoms with Crippen molar-refractivity contribution in [3.05, 3.63) is 29.8 Å². The van der Waals surface area contributed by atoms with Crippen molar-refractivity contribution in [3.63, 3.8) is 0 Å². The van der Waals surface area contributed by atoms with E-state index in [1.807, 2.05) is 6.92 Å². The summed E-state index contributed by atoms with van der Waals surface area (Å²) in [5, 5.41) is 12.6. The summed E-state index contributed by atoms with van der Waals surface area (Å²) < 4.78 is 42.8. The number of carbonyl (C=O) groups excluding carboxylic acids is 1. The molecule has 0 aliphatic rings. The van der Waals surface area contributed by atoms with Gasteiger partial charge in [-0.2, -0.15) is 13.2 Å². The molecule has 1 aromatic carbocycles. The molecule has 0 amide bonds. The van der Waals surface area contributed by atoms with Crippen molar-refractivity contribution in [2.45, 2.75) is 18.7 Å². The number of methoxy groups -OCH3 is 1. The molecule has 106 valence electrons. The van der Waals surface area contributed by atoms with Crippen LogP contribution in [0.3, 0.4) is 0 Å². The SMILES string of the molecule is CCNc1ccc([C@](O)(C(=O)OC)C(F)(F)F)cc1. The first-order valence-electron chi connectivity index (χ1n) is 5.49. The molecule has 4 nitrogen and oxygen atoms in total. The first kappa shape index (κ1) is 15.3. The third kappa shape index (κ3) is 2.81. The Morgan fingerprint density at radius 2 is 1.84 bits per heavy atom. The van der Waals surface area contributed by atoms with Crippen molar-refractivity contribution in [1.82, 2.24) is 0 Å². The zero-order chi connectivity index (χ0) is 14.7. The minimum atomic E-state index is -5.17. The molecular formula is C12H14F3NO3. The van der Waals surface area contributed by atoms with E-state index in [4.69, 9.17) is 0 Å². The number of hydrogen-bond acceptors (Lipinski definition) is 4. The van der Waals surface area contributed by atoms with Gasteiger partial charge in [0.15, 0.2) is 0 Å². The Balaban J connectivity index is 3.23. The fraction of sp³-hybridized carbons (Fsp3) is 0.417. The molecule has 0 bridgehead atoms. The predicted octanol–water partition coefficient (Wildman–Crippen LogP) is 2.04. The summed E-state index contributed by atoms with van der Waals surface area (Å²) in [5.41, 5.74) is -3.67. The van der Waals surface area contributed by atoms with Crippen LogP contribution in [0, 0.1) is 0 Å². The van der Waals surface area contributed by atoms with E-state index in [2.05, 4.69) is 10.1 Å². The van der Waals surface area contributed by atoms with Crippen molar-refractivity contribution in [1.29, 1.82) is 0 Å². The highest BCUT2D eigenvalue weighted by atomic mass is 19.4. The molecule has 0 aromatic heterocycles. The molecule has 0 heterocycles. The lowest BCUT2D eigenvalue weighted by atomic mass is 9.93. The van der Waals surface area contributed by atoms with Crippen molar-refractivity contribution < 1.29 is 27.8 Å². The second kappa shape index (κ2) is 5.48. The number of carbonyl (C=O) groups is 1. The van der Waals surface area contributed by atoms with Crippen molar-refractivity contribution in [2.75, 3.05) is 19.0 Å². The fourth-order valence-electron chi connectivity index (χ4n) is 1.58. The molecule has 19 heavy (non-hydrogen) atoms. The number of benzene rings is 1. The summed E-state index contributed by atoms with van der Waals surface area (Å²) in [7, 11) is 0.784. The Labute approximate surface area is 108 Å². The second-order valence-corrected chi connectivity index (χ2v) is 3.81. The highest BCUT2D eigenvalue weighted by molar-refractivity contribution is 5.82. The predicted molar refractivity (Wildman–Crippen MR) is 62.6 cm³/mol. The van der Waals surface area contributed by atoms with Crippen LogP contribution >= 0.6 is 0 Å². The number of esters is 1. The molecule has 0 radical (unpaired) electrons. The number of aliphatic hydroxyl groups is 1. The molecule has 0 saturated carbocycles. The van der Waals surface area contributed by atoms with Gasteiger partial charge in [-0.3, -0.25) is 0 Å². The normalized spacial score (nSPS) is 14.6. The zero-order valence-electron chi connectivity index (χ0n) is 10.4. The van der Waals surface area contributed by atoms with Gasteiger partial charge in [0.1, 0.15) is 0 Å². The van der Waals surface area contributed by atoms with Gasteiger partial charge < -0.3 is 15.2 Å². The molecule has 0 saturated heterocycles. The Morgan fingerprint density at radius 1 is 1.32 bits per heavy atom. The van der Waals surface area contributed by atoms with Gasteiger partial charge >= 0.3 is 12.1 Å². The van der Waals surface area contributed by atoms with Crippen molar-refractivity contribution >= 4 is 11.7 Å². The molecular weight excluding hydrogens is 263 g/mol. The van der Waals surface area contributed by atoms with Crippen LogP contribution in [0.15, 0.2) is 24.3 Å². The van der Waals surface area contributed by atoms with Gasteiger partial charge in [-0.25, -0.2) is 4.79 Å². The summed E-state index contributed by atoms with van der Waals surface area (Å²) in [6, 6.07) is 4.75. The first-order valence-corrected chi connectivity index (χ1v) is 5.49. The summed E-state index contributed by atoms with van der Waals surface area (Å²) in [6.45, 7) is 2.42. The van der Waals surface area contributed by atoms with Crippen molar-refractivity contribution in [3.8, 4) is 0 Å². The van der Waals surface area contributed by atoms with Gasteiger partial charge in [0.2, 0.25) is 0 Å². The van der Waals surface area contributed by atoms with E-state index in [9.17, 15) is 23.1 Å². The van der Waals surface area contributed by atoms with Crippen LogP contribution in [0.5, 0.6) is 0 Å². The summed E-state index contributed by atoms with van der Waals surface area (Å²) >= 11 is 0. The number of nitrogens with one attached hydrogen (secondary N) is 1. The third-order valence-corrected chi connectivity index (χ3v) is 2.57. The van der Waals surface area contributed by atoms with Crippen LogP contribution in [0.1, 0.15) is 12.5 Å². The van der Waals surface area contributed by atoms with E-state index in [0.717, 1.165) is 19.2 Å². The molecule has 2 N–H and O–H groups in total. The number of rotatable bonds is 4. The molecule has 1 rings (SSSR count). The number of hydrogen-bond donors (Lipinski definition) is 2. The average molecular weight is 277 g/mol. The Bertz CT molecular complexity index is 445. The second-order valence-electron chi connectivity index (χ2n) is 3.81. The topological polar surface area (TPSA) is 58.6 Å². The highest BCUT2D eigenvalue weighted by Crippen LogP contribution is 2.40. The lowest BCUT2D eigenvalue weighted by Gasteiger charge is -2.28. The first-order chi connectivity index (χ1) is 8.77. The monoisotopic (exact) mass is 277 g/mol. The molecule has 1 aromatic rings. The van der Waals surface area contributed by atoms with E-state index < -0.39 is 23.3 Å². The van der Waals surface area contributed by atoms with E-state index in [-0.39, 0.29) is 0 Å². The molecule has 1 atom stereocenters. The van der Waals surface area contributed by atoms with Crippen LogP contribution in [-0.4, -0.2) is 30.9 Å². The van der Waals surface area contributed by atoms with Gasteiger partial charge in [0.05, 0.1) is 7.11 Å². The van der Waals surface area contributed by atoms with Crippen LogP contribution in [0.4, 0.5) is 18.9 Å². The van der Waals surface area contributed by atoms with E-state index in [0.29, 0.717) is 12.2 Å². The maximum Gasteiger partial charge on any atom is 0.432 e. The van der Waals surface area contributed by atoms with Gasteiger partial charge in [-0.05, 0) is 19.1 Å². The maximum absolute atomic E-state index is 12.9. The van der Waals surface area contributed by atoms with E-state index >= 15 is 0 Å². The molecule has 0 spiro atoms. The smallest absolute Gasteiger partial charge is 0.432 e. The summed E-state index contributed by atoms with van der Waals surface area (Å²) in [5.74, 6) is -1.77. The highest BCUT2D eigenvalue weighted by Gasteiger charge is 2.62. The zero-order valence-corrected chi connectivity index (χ0v) is 10.4. The van der Waals surface area contributed by atoms with Crippen molar-refractivity contribution in [2.24, 2.45) is 0 Å². The van der Waals surface area contributed by atoms with E-state index in [1.54, 1.807) is 0 Å². The fourth-order valence-corrected chi connectivity index (χ4v) is 1.58. The Hall–Kier alpha value is -1.76. The Kier molecular flexibility index (Phi) is 4.41. The Morgan fingerprint density at radius 3 is 2.21 bits per heavy atom. The molecule has 0 fully saturated rings. The van der Waals surface area contributed by atoms with Crippen LogP contribution < -0.4 is 5.32 Å². The van der Waals surface area contributed by atoms with E-state index in [1.165, 1.54) is 12.1 Å².